The lowest BCUT2D eigenvalue weighted by atomic mass is 10.1. The van der Waals surface area contributed by atoms with Gasteiger partial charge in [0, 0.05) is 12.0 Å². The van der Waals surface area contributed by atoms with Gasteiger partial charge in [0.1, 0.15) is 5.76 Å². The normalized spacial score (nSPS) is 11.4. The predicted octanol–water partition coefficient (Wildman–Crippen LogP) is 0.930. The number of allylic oxidation sites excluding steroid dienone is 3. The van der Waals surface area contributed by atoms with Crippen LogP contribution >= 0.6 is 9.24 Å². The van der Waals surface area contributed by atoms with Gasteiger partial charge in [-0.05, 0) is 5.57 Å². The van der Waals surface area contributed by atoms with E-state index in [2.05, 4.69) is 32.6 Å². The second-order valence-electron chi connectivity index (χ2n) is 3.02. The van der Waals surface area contributed by atoms with E-state index in [-0.39, 0.29) is 11.3 Å². The van der Waals surface area contributed by atoms with E-state index >= 15 is 0 Å². The first-order valence-corrected chi connectivity index (χ1v) is 4.88. The highest BCUT2D eigenvalue weighted by molar-refractivity contribution is 7.27. The van der Waals surface area contributed by atoms with Crippen molar-refractivity contribution in [3.8, 4) is 0 Å². The quantitative estimate of drug-likeness (QED) is 0.404. The third-order valence-corrected chi connectivity index (χ3v) is 2.46. The number of aliphatic hydroxyl groups is 1. The van der Waals surface area contributed by atoms with Crippen LogP contribution in [-0.4, -0.2) is 15.3 Å². The van der Waals surface area contributed by atoms with Gasteiger partial charge >= 0.3 is 0 Å². The van der Waals surface area contributed by atoms with E-state index < -0.39 is 0 Å². The van der Waals surface area contributed by atoms with Crippen LogP contribution in [0.4, 0.5) is 0 Å². The molecule has 0 saturated heterocycles. The highest BCUT2D eigenvalue weighted by Gasteiger charge is 2.10. The summed E-state index contributed by atoms with van der Waals surface area (Å²) < 4.78 is 0. The standard InChI is InChI=1S/C10H13N2O2P/c1-3-4-7(6(2)13)5-8-9(14)11-12-10(8)15/h3-4,13H,1-2,5,15H2,(H2,11,12,14)/b7-4-. The van der Waals surface area contributed by atoms with Gasteiger partial charge in [0.05, 0.1) is 5.44 Å². The molecule has 0 aromatic carbocycles. The molecule has 0 saturated carbocycles. The number of rotatable bonds is 4. The number of nitrogens with one attached hydrogen (secondary N) is 2. The molecule has 0 bridgehead atoms. The molecule has 0 radical (unpaired) electrons. The van der Waals surface area contributed by atoms with Gasteiger partial charge < -0.3 is 5.11 Å². The largest absolute Gasteiger partial charge is 0.508 e. The second-order valence-corrected chi connectivity index (χ2v) is 3.60. The number of aromatic nitrogens is 2. The van der Waals surface area contributed by atoms with E-state index in [1.54, 1.807) is 12.2 Å². The smallest absolute Gasteiger partial charge is 0.268 e. The Hall–Kier alpha value is -1.54. The lowest BCUT2D eigenvalue weighted by molar-refractivity contribution is 0.423. The fourth-order valence-corrected chi connectivity index (χ4v) is 1.47. The number of hydrogen-bond donors (Lipinski definition) is 3. The molecule has 1 aromatic rings. The second kappa shape index (κ2) is 4.80. The minimum absolute atomic E-state index is 0.0556. The molecule has 15 heavy (non-hydrogen) atoms. The molecular formula is C10H13N2O2P. The SMILES string of the molecule is C=C/C=C(/Cc1c(P)[nH][nH]c1=O)C(=C)O. The molecule has 5 heteroatoms. The Morgan fingerprint density at radius 1 is 1.53 bits per heavy atom. The Morgan fingerprint density at radius 2 is 2.20 bits per heavy atom. The molecule has 0 aliphatic carbocycles. The van der Waals surface area contributed by atoms with E-state index in [0.717, 1.165) is 0 Å². The van der Waals surface area contributed by atoms with Gasteiger partial charge in [-0.2, -0.15) is 0 Å². The minimum atomic E-state index is -0.198. The van der Waals surface area contributed by atoms with Crippen LogP contribution < -0.4 is 11.0 Å². The summed E-state index contributed by atoms with van der Waals surface area (Å²) in [7, 11) is 2.41. The van der Waals surface area contributed by atoms with Crippen molar-refractivity contribution in [3.63, 3.8) is 0 Å². The Bertz CT molecular complexity index is 468. The molecule has 1 atom stereocenters. The third-order valence-electron chi connectivity index (χ3n) is 1.97. The highest BCUT2D eigenvalue weighted by atomic mass is 31.0. The van der Waals surface area contributed by atoms with E-state index in [9.17, 15) is 9.90 Å². The van der Waals surface area contributed by atoms with Crippen molar-refractivity contribution in [2.75, 3.05) is 0 Å². The Balaban J connectivity index is 3.03. The summed E-state index contributed by atoms with van der Waals surface area (Å²) in [4.78, 5) is 11.3. The first-order valence-electron chi connectivity index (χ1n) is 4.31. The van der Waals surface area contributed by atoms with E-state index in [1.165, 1.54) is 0 Å². The van der Waals surface area contributed by atoms with Crippen molar-refractivity contribution < 1.29 is 5.11 Å². The lowest BCUT2D eigenvalue weighted by Gasteiger charge is -2.02. The van der Waals surface area contributed by atoms with Gasteiger partial charge in [-0.1, -0.05) is 34.5 Å². The fraction of sp³-hybridized carbons (Fsp3) is 0.100. The predicted molar refractivity (Wildman–Crippen MR) is 64.5 cm³/mol. The summed E-state index contributed by atoms with van der Waals surface area (Å²) in [5.74, 6) is -0.0556. The van der Waals surface area contributed by atoms with Crippen LogP contribution in [0.2, 0.25) is 0 Å². The summed E-state index contributed by atoms with van der Waals surface area (Å²) in [6, 6.07) is 0. The zero-order chi connectivity index (χ0) is 11.4. The number of H-pyrrole nitrogens is 2. The van der Waals surface area contributed by atoms with Crippen molar-refractivity contribution in [2.45, 2.75) is 6.42 Å². The molecule has 0 fully saturated rings. The summed E-state index contributed by atoms with van der Waals surface area (Å²) >= 11 is 0. The van der Waals surface area contributed by atoms with Gasteiger partial charge in [0.15, 0.2) is 0 Å². The van der Waals surface area contributed by atoms with Crippen LogP contribution in [0.5, 0.6) is 0 Å². The topological polar surface area (TPSA) is 68.9 Å². The molecule has 4 nitrogen and oxygen atoms in total. The Kier molecular flexibility index (Phi) is 3.69. The first-order chi connectivity index (χ1) is 7.06. The minimum Gasteiger partial charge on any atom is -0.508 e. The molecule has 1 unspecified atom stereocenters. The van der Waals surface area contributed by atoms with Crippen molar-refractivity contribution in [3.05, 3.63) is 52.6 Å². The molecule has 1 aromatic heterocycles. The van der Waals surface area contributed by atoms with Crippen LogP contribution in [0, 0.1) is 0 Å². The summed E-state index contributed by atoms with van der Waals surface area (Å²) in [5.41, 5.74) is 1.61. The van der Waals surface area contributed by atoms with Gasteiger partial charge in [0.2, 0.25) is 0 Å². The van der Waals surface area contributed by atoms with Crippen LogP contribution in [-0.2, 0) is 6.42 Å². The summed E-state index contributed by atoms with van der Waals surface area (Å²) in [5, 5.41) is 14.4. The summed E-state index contributed by atoms with van der Waals surface area (Å²) in [6.07, 6.45) is 3.48. The van der Waals surface area contributed by atoms with Gasteiger partial charge in [0.25, 0.3) is 5.56 Å². The maximum Gasteiger partial charge on any atom is 0.268 e. The van der Waals surface area contributed by atoms with E-state index in [1.807, 2.05) is 0 Å². The van der Waals surface area contributed by atoms with Crippen LogP contribution in [0.3, 0.4) is 0 Å². The maximum atomic E-state index is 11.3. The molecule has 80 valence electrons. The maximum absolute atomic E-state index is 11.3. The molecule has 0 amide bonds. The molecule has 3 N–H and O–H groups in total. The average molecular weight is 224 g/mol. The molecular weight excluding hydrogens is 211 g/mol. The first kappa shape index (κ1) is 11.5. The zero-order valence-corrected chi connectivity index (χ0v) is 9.36. The molecule has 1 heterocycles. The van der Waals surface area contributed by atoms with Crippen molar-refractivity contribution >= 4 is 14.7 Å². The zero-order valence-electron chi connectivity index (χ0n) is 8.21. The molecule has 0 aliphatic rings. The number of aliphatic hydroxyl groups excluding tert-OH is 1. The Labute approximate surface area is 89.6 Å². The van der Waals surface area contributed by atoms with E-state index in [4.69, 9.17) is 0 Å². The van der Waals surface area contributed by atoms with Crippen LogP contribution in [0.1, 0.15) is 5.56 Å². The van der Waals surface area contributed by atoms with E-state index in [0.29, 0.717) is 23.0 Å². The van der Waals surface area contributed by atoms with Gasteiger partial charge in [-0.25, -0.2) is 0 Å². The third kappa shape index (κ3) is 2.70. The van der Waals surface area contributed by atoms with Crippen molar-refractivity contribution in [1.82, 2.24) is 10.2 Å². The molecule has 0 aliphatic heterocycles. The van der Waals surface area contributed by atoms with Crippen molar-refractivity contribution in [2.24, 2.45) is 0 Å². The summed E-state index contributed by atoms with van der Waals surface area (Å²) in [6.45, 7) is 6.95. The van der Waals surface area contributed by atoms with Gasteiger partial charge in [-0.15, -0.1) is 0 Å². The number of aromatic amines is 2. The van der Waals surface area contributed by atoms with Crippen LogP contribution in [0.15, 0.2) is 41.4 Å². The average Bonchev–Trinajstić information content (AvgIpc) is 2.48. The lowest BCUT2D eigenvalue weighted by Crippen LogP contribution is -2.12. The fourth-order valence-electron chi connectivity index (χ4n) is 1.16. The molecule has 0 spiro atoms. The van der Waals surface area contributed by atoms with Crippen molar-refractivity contribution in [1.29, 1.82) is 0 Å². The molecule has 1 rings (SSSR count). The van der Waals surface area contributed by atoms with Gasteiger partial charge in [-0.3, -0.25) is 15.0 Å². The highest BCUT2D eigenvalue weighted by Crippen LogP contribution is 2.10. The van der Waals surface area contributed by atoms with Crippen LogP contribution in [0.25, 0.3) is 0 Å². The monoisotopic (exact) mass is 224 g/mol. The number of hydrogen-bond acceptors (Lipinski definition) is 2. The Morgan fingerprint density at radius 3 is 2.60 bits per heavy atom.